The molecule has 0 amide bonds. The molecule has 39 heavy (non-hydrogen) atoms. The minimum atomic E-state index is -1.59. The fourth-order valence-corrected chi connectivity index (χ4v) is 6.22. The van der Waals surface area contributed by atoms with Gasteiger partial charge in [-0.15, -0.1) is 5.14 Å². The van der Waals surface area contributed by atoms with E-state index in [9.17, 15) is 4.55 Å². The third-order valence-electron chi connectivity index (χ3n) is 8.10. The van der Waals surface area contributed by atoms with E-state index in [-0.39, 0.29) is 12.4 Å². The van der Waals surface area contributed by atoms with Gasteiger partial charge < -0.3 is 18.8 Å². The van der Waals surface area contributed by atoms with E-state index < -0.39 is 17.0 Å². The van der Waals surface area contributed by atoms with Crippen molar-refractivity contribution in [2.24, 2.45) is 5.14 Å². The Hall–Kier alpha value is -2.35. The average Bonchev–Trinajstić information content (AvgIpc) is 2.98. The minimum Gasteiger partial charge on any atom is -0.593 e. The van der Waals surface area contributed by atoms with Crippen molar-refractivity contribution in [2.45, 2.75) is 94.0 Å². The number of hydrogen-bond acceptors (Lipinski definition) is 5. The molecule has 3 aromatic rings. The first-order valence-electron chi connectivity index (χ1n) is 14.4. The Labute approximate surface area is 236 Å². The van der Waals surface area contributed by atoms with Crippen LogP contribution in [0.1, 0.15) is 75.8 Å². The first kappa shape index (κ1) is 28.2. The molecule has 2 unspecified atom stereocenters. The van der Waals surface area contributed by atoms with E-state index in [2.05, 4.69) is 55.5 Å². The van der Waals surface area contributed by atoms with Gasteiger partial charge >= 0.3 is 0 Å². The molecule has 0 radical (unpaired) electrons. The summed E-state index contributed by atoms with van der Waals surface area (Å²) in [6.07, 6.45) is 10.6. The third-order valence-corrected chi connectivity index (χ3v) is 8.87. The Morgan fingerprint density at radius 1 is 0.897 bits per heavy atom. The van der Waals surface area contributed by atoms with Gasteiger partial charge in [-0.25, -0.2) is 0 Å². The summed E-state index contributed by atoms with van der Waals surface area (Å²) in [5.41, 5.74) is 4.14. The number of ether oxygens (including phenoxy) is 3. The Morgan fingerprint density at radius 3 is 2.31 bits per heavy atom. The summed E-state index contributed by atoms with van der Waals surface area (Å²) in [4.78, 5) is 0.558. The van der Waals surface area contributed by atoms with Crippen molar-refractivity contribution in [1.29, 1.82) is 0 Å². The smallest absolute Gasteiger partial charge is 0.215 e. The van der Waals surface area contributed by atoms with Crippen molar-refractivity contribution in [1.82, 2.24) is 0 Å². The second-order valence-electron chi connectivity index (χ2n) is 11.0. The zero-order valence-electron chi connectivity index (χ0n) is 23.0. The van der Waals surface area contributed by atoms with Gasteiger partial charge in [0.1, 0.15) is 0 Å². The molecule has 2 fully saturated rings. The number of benzene rings is 3. The topological polar surface area (TPSA) is 76.8 Å². The molecule has 3 aromatic carbocycles. The highest BCUT2D eigenvalue weighted by Gasteiger charge is 2.32. The fourth-order valence-electron chi connectivity index (χ4n) is 5.71. The number of hydrogen-bond donors (Lipinski definition) is 1. The lowest BCUT2D eigenvalue weighted by atomic mass is 9.88. The van der Waals surface area contributed by atoms with E-state index in [4.69, 9.17) is 19.3 Å². The van der Waals surface area contributed by atoms with Crippen LogP contribution < -0.4 is 9.88 Å². The molecule has 2 aliphatic rings. The molecule has 1 saturated carbocycles. The Balaban J connectivity index is 1.29. The van der Waals surface area contributed by atoms with Gasteiger partial charge in [0, 0.05) is 6.61 Å². The molecule has 0 aromatic heterocycles. The van der Waals surface area contributed by atoms with Crippen molar-refractivity contribution < 1.29 is 18.8 Å². The van der Waals surface area contributed by atoms with Crippen LogP contribution in [0, 0.1) is 0 Å². The van der Waals surface area contributed by atoms with Crippen LogP contribution in [0.2, 0.25) is 0 Å². The van der Waals surface area contributed by atoms with E-state index >= 15 is 0 Å². The van der Waals surface area contributed by atoms with Gasteiger partial charge in [0.25, 0.3) is 0 Å². The average molecular weight is 548 g/mol. The lowest BCUT2D eigenvalue weighted by molar-refractivity contribution is -0.226. The molecule has 1 saturated heterocycles. The van der Waals surface area contributed by atoms with Gasteiger partial charge in [-0.1, -0.05) is 61.0 Å². The molecular formula is C33H41NO4S. The van der Waals surface area contributed by atoms with Crippen molar-refractivity contribution in [3.8, 4) is 16.9 Å². The molecular weight excluding hydrogens is 506 g/mol. The van der Waals surface area contributed by atoms with Gasteiger partial charge in [0.05, 0.1) is 23.1 Å². The van der Waals surface area contributed by atoms with Crippen LogP contribution in [0.3, 0.4) is 0 Å². The Morgan fingerprint density at radius 2 is 1.62 bits per heavy atom. The maximum Gasteiger partial charge on any atom is 0.215 e. The van der Waals surface area contributed by atoms with Crippen LogP contribution in [0.4, 0.5) is 0 Å². The normalized spacial score (nSPS) is 20.7. The number of rotatable bonds is 10. The first-order valence-corrected chi connectivity index (χ1v) is 15.6. The third kappa shape index (κ3) is 7.44. The SMILES string of the molecule is C[C@](CCc1ccc(-c2ccc([S+](N)[O-])c(OC3CCCCC3)c2)cc1)(OC1CCCCO1)c1ccccc1. The van der Waals surface area contributed by atoms with Crippen molar-refractivity contribution in [3.05, 3.63) is 83.9 Å². The van der Waals surface area contributed by atoms with Gasteiger partial charge in [0.15, 0.2) is 12.0 Å². The highest BCUT2D eigenvalue weighted by molar-refractivity contribution is 7.89. The van der Waals surface area contributed by atoms with Crippen LogP contribution in [0.5, 0.6) is 5.75 Å². The quantitative estimate of drug-likeness (QED) is 0.267. The zero-order chi connectivity index (χ0) is 27.1. The molecule has 6 heteroatoms. The standard InChI is InChI=1S/C33H41NO4S/c1-33(28-10-4-2-5-11-28,38-32-14-8-9-23-36-32)22-21-25-15-17-26(18-16-25)27-19-20-31(39(34)35)30(24-27)37-29-12-6-3-7-13-29/h2,4-5,10-11,15-20,24,29,32H,3,6-9,12-14,21-23,34H2,1H3/t32?,33-,39?/m1/s1. The fraction of sp³-hybridized carbons (Fsp3) is 0.455. The highest BCUT2D eigenvalue weighted by atomic mass is 32.2. The molecule has 0 bridgehead atoms. The monoisotopic (exact) mass is 547 g/mol. The molecule has 0 spiro atoms. The molecule has 1 heterocycles. The van der Waals surface area contributed by atoms with Crippen LogP contribution in [-0.2, 0) is 32.9 Å². The highest BCUT2D eigenvalue weighted by Crippen LogP contribution is 2.36. The van der Waals surface area contributed by atoms with Gasteiger partial charge in [-0.3, -0.25) is 0 Å². The molecule has 2 N–H and O–H groups in total. The van der Waals surface area contributed by atoms with Crippen molar-refractivity contribution in [2.75, 3.05) is 6.61 Å². The second-order valence-corrected chi connectivity index (χ2v) is 12.1. The maximum atomic E-state index is 12.2. The molecule has 3 atom stereocenters. The number of aryl methyl sites for hydroxylation is 1. The van der Waals surface area contributed by atoms with Crippen LogP contribution in [-0.4, -0.2) is 23.6 Å². The molecule has 1 aliphatic heterocycles. The van der Waals surface area contributed by atoms with Gasteiger partial charge in [-0.05, 0) is 105 Å². The van der Waals surface area contributed by atoms with E-state index in [1.807, 2.05) is 24.3 Å². The summed E-state index contributed by atoms with van der Waals surface area (Å²) in [5.74, 6) is 0.644. The second kappa shape index (κ2) is 13.3. The summed E-state index contributed by atoms with van der Waals surface area (Å²) in [6.45, 7) is 2.96. The van der Waals surface area contributed by atoms with E-state index in [1.54, 1.807) is 0 Å². The first-order chi connectivity index (χ1) is 19.0. The summed E-state index contributed by atoms with van der Waals surface area (Å²) >= 11 is -1.59. The van der Waals surface area contributed by atoms with E-state index in [0.29, 0.717) is 10.6 Å². The summed E-state index contributed by atoms with van der Waals surface area (Å²) in [6, 6.07) is 25.0. The Bertz CT molecular complexity index is 1170. The van der Waals surface area contributed by atoms with Gasteiger partial charge in [-0.2, -0.15) is 0 Å². The van der Waals surface area contributed by atoms with E-state index in [0.717, 1.165) is 62.7 Å². The predicted molar refractivity (Wildman–Crippen MR) is 157 cm³/mol. The lowest BCUT2D eigenvalue weighted by Crippen LogP contribution is -2.35. The van der Waals surface area contributed by atoms with Crippen LogP contribution in [0.25, 0.3) is 11.1 Å². The largest absolute Gasteiger partial charge is 0.593 e. The number of nitrogens with two attached hydrogens (primary N) is 1. The molecule has 5 rings (SSSR count). The minimum absolute atomic E-state index is 0.151. The lowest BCUT2D eigenvalue weighted by Gasteiger charge is -2.36. The predicted octanol–water partition coefficient (Wildman–Crippen LogP) is 7.44. The molecule has 208 valence electrons. The Kier molecular flexibility index (Phi) is 9.64. The summed E-state index contributed by atoms with van der Waals surface area (Å²) < 4.78 is 31.0. The molecule has 1 aliphatic carbocycles. The van der Waals surface area contributed by atoms with Crippen molar-refractivity contribution >= 4 is 11.4 Å². The zero-order valence-corrected chi connectivity index (χ0v) is 23.8. The summed E-state index contributed by atoms with van der Waals surface area (Å²) in [5, 5.41) is 5.77. The maximum absolute atomic E-state index is 12.2. The van der Waals surface area contributed by atoms with Crippen molar-refractivity contribution in [3.63, 3.8) is 0 Å². The summed E-state index contributed by atoms with van der Waals surface area (Å²) in [7, 11) is 0. The van der Waals surface area contributed by atoms with E-state index in [1.165, 1.54) is 30.4 Å². The van der Waals surface area contributed by atoms with Crippen LogP contribution >= 0.6 is 0 Å². The van der Waals surface area contributed by atoms with Gasteiger partial charge in [0.2, 0.25) is 4.90 Å². The molecule has 5 nitrogen and oxygen atoms in total. The van der Waals surface area contributed by atoms with Crippen LogP contribution in [0.15, 0.2) is 77.7 Å².